The molecule has 0 radical (unpaired) electrons. The van der Waals surface area contributed by atoms with Crippen molar-refractivity contribution in [3.63, 3.8) is 0 Å². The summed E-state index contributed by atoms with van der Waals surface area (Å²) < 4.78 is 0. The van der Waals surface area contributed by atoms with Gasteiger partial charge in [0.1, 0.15) is 0 Å². The van der Waals surface area contributed by atoms with Gasteiger partial charge in [0.25, 0.3) is 0 Å². The number of nitrogens with zero attached hydrogens (tertiary/aromatic N) is 1. The second kappa shape index (κ2) is 5.24. The van der Waals surface area contributed by atoms with Gasteiger partial charge in [-0.15, -0.1) is 0 Å². The number of allylic oxidation sites excluding steroid dienone is 1. The van der Waals surface area contributed by atoms with Crippen LogP contribution in [0.25, 0.3) is 0 Å². The summed E-state index contributed by atoms with van der Waals surface area (Å²) in [4.78, 5) is 24.2. The van der Waals surface area contributed by atoms with E-state index in [-0.39, 0.29) is 24.2 Å². The molecule has 0 spiro atoms. The molecule has 112 valence electrons. The lowest BCUT2D eigenvalue weighted by atomic mass is 9.84. The average Bonchev–Trinajstić information content (AvgIpc) is 2.58. The molecule has 1 aromatic rings. The Bertz CT molecular complexity index is 620. The van der Waals surface area contributed by atoms with Gasteiger partial charge in [0.15, 0.2) is 0 Å². The van der Waals surface area contributed by atoms with Crippen molar-refractivity contribution in [3.8, 4) is 0 Å². The predicted octanol–water partition coefficient (Wildman–Crippen LogP) is 2.73. The first-order valence-corrected chi connectivity index (χ1v) is 6.82. The molecule has 0 aliphatic carbocycles. The van der Waals surface area contributed by atoms with Crippen molar-refractivity contribution in [3.05, 3.63) is 36.0 Å². The molecule has 0 fully saturated rings. The Labute approximate surface area is 124 Å². The average molecular weight is 288 g/mol. The Kier molecular flexibility index (Phi) is 3.77. The summed E-state index contributed by atoms with van der Waals surface area (Å²) in [7, 11) is 1.97. The maximum atomic E-state index is 11.7. The maximum Gasteiger partial charge on any atom is 0.303 e. The highest BCUT2D eigenvalue weighted by atomic mass is 16.4. The fourth-order valence-corrected chi connectivity index (χ4v) is 2.57. The number of carboxylic acids is 1. The number of carboxylic acid groups (broad SMARTS) is 1. The van der Waals surface area contributed by atoms with Crippen LogP contribution in [-0.2, 0) is 15.0 Å². The summed E-state index contributed by atoms with van der Waals surface area (Å²) in [5, 5.41) is 11.3. The minimum absolute atomic E-state index is 0.0254. The highest BCUT2D eigenvalue weighted by Crippen LogP contribution is 2.46. The third-order valence-corrected chi connectivity index (χ3v) is 4.01. The van der Waals surface area contributed by atoms with Gasteiger partial charge in [-0.3, -0.25) is 9.59 Å². The van der Waals surface area contributed by atoms with Crippen molar-refractivity contribution in [1.29, 1.82) is 0 Å². The predicted molar refractivity (Wildman–Crippen MR) is 82.5 cm³/mol. The molecule has 1 heterocycles. The van der Waals surface area contributed by atoms with E-state index in [4.69, 9.17) is 5.11 Å². The number of amides is 1. The number of anilines is 2. The zero-order valence-electron chi connectivity index (χ0n) is 12.6. The molecule has 0 bridgehead atoms. The number of carbonyl (C=O) groups excluding carboxylic acids is 1. The Hall–Kier alpha value is -2.30. The lowest BCUT2D eigenvalue weighted by Gasteiger charge is -2.22. The molecular weight excluding hydrogens is 268 g/mol. The lowest BCUT2D eigenvalue weighted by molar-refractivity contribution is -0.138. The van der Waals surface area contributed by atoms with Crippen LogP contribution in [0.15, 0.2) is 30.5 Å². The molecule has 1 amide bonds. The van der Waals surface area contributed by atoms with E-state index in [0.717, 1.165) is 16.9 Å². The first kappa shape index (κ1) is 15.1. The number of aliphatic carboxylic acids is 1. The Morgan fingerprint density at radius 1 is 1.33 bits per heavy atom. The van der Waals surface area contributed by atoms with Gasteiger partial charge in [-0.25, -0.2) is 0 Å². The van der Waals surface area contributed by atoms with E-state index in [0.29, 0.717) is 5.69 Å². The van der Waals surface area contributed by atoms with Crippen LogP contribution in [0.1, 0.15) is 32.3 Å². The van der Waals surface area contributed by atoms with Crippen LogP contribution in [0.2, 0.25) is 0 Å². The van der Waals surface area contributed by atoms with Crippen LogP contribution < -0.4 is 10.2 Å². The number of benzene rings is 1. The summed E-state index contributed by atoms with van der Waals surface area (Å²) in [5.41, 5.74) is 3.68. The highest BCUT2D eigenvalue weighted by Gasteiger charge is 2.37. The summed E-state index contributed by atoms with van der Waals surface area (Å²) in [6, 6.07) is 5.70. The zero-order chi connectivity index (χ0) is 15.8. The molecule has 0 atom stereocenters. The summed E-state index contributed by atoms with van der Waals surface area (Å²) in [6.45, 7) is 8.30. The Morgan fingerprint density at radius 2 is 2.00 bits per heavy atom. The van der Waals surface area contributed by atoms with Crippen molar-refractivity contribution in [2.75, 3.05) is 17.3 Å². The second-order valence-corrected chi connectivity index (χ2v) is 5.80. The molecule has 2 rings (SSSR count). The molecule has 5 heteroatoms. The topological polar surface area (TPSA) is 69.6 Å². The third kappa shape index (κ3) is 2.77. The molecule has 0 saturated carbocycles. The van der Waals surface area contributed by atoms with Gasteiger partial charge >= 0.3 is 5.97 Å². The molecular formula is C16H20N2O3. The number of likely N-dealkylation sites (N-methyl/N-ethyl adjacent to an activating group) is 1. The smallest absolute Gasteiger partial charge is 0.303 e. The van der Waals surface area contributed by atoms with E-state index in [2.05, 4.69) is 25.7 Å². The number of carbonyl (C=O) groups is 2. The van der Waals surface area contributed by atoms with Gasteiger partial charge in [-0.2, -0.15) is 0 Å². The second-order valence-electron chi connectivity index (χ2n) is 5.80. The van der Waals surface area contributed by atoms with Crippen LogP contribution in [-0.4, -0.2) is 24.0 Å². The van der Waals surface area contributed by atoms with Crippen LogP contribution >= 0.6 is 0 Å². The molecule has 2 N–H and O–H groups in total. The van der Waals surface area contributed by atoms with Gasteiger partial charge in [0.2, 0.25) is 5.91 Å². The van der Waals surface area contributed by atoms with Crippen molar-refractivity contribution in [1.82, 2.24) is 0 Å². The molecule has 5 nitrogen and oxygen atoms in total. The van der Waals surface area contributed by atoms with E-state index in [9.17, 15) is 9.59 Å². The number of hydrogen-bond donors (Lipinski definition) is 2. The molecule has 0 aromatic heterocycles. The standard InChI is InChI=1S/C16H20N2O3/c1-10-16(2,3)12-9-11(5-6-13(12)18(10)4)17-14(19)7-8-15(20)21/h5-6,9H,1,7-8H2,2-4H3,(H,17,19)(H,20,21). The number of hydrogen-bond acceptors (Lipinski definition) is 3. The fourth-order valence-electron chi connectivity index (χ4n) is 2.57. The lowest BCUT2D eigenvalue weighted by Crippen LogP contribution is -2.21. The molecule has 0 unspecified atom stereocenters. The van der Waals surface area contributed by atoms with E-state index in [1.807, 2.05) is 30.1 Å². The van der Waals surface area contributed by atoms with Crippen LogP contribution in [0, 0.1) is 0 Å². The van der Waals surface area contributed by atoms with Crippen LogP contribution in [0.4, 0.5) is 11.4 Å². The van der Waals surface area contributed by atoms with Crippen molar-refractivity contribution >= 4 is 23.3 Å². The van der Waals surface area contributed by atoms with Crippen molar-refractivity contribution in [2.45, 2.75) is 32.1 Å². The fraction of sp³-hybridized carbons (Fsp3) is 0.375. The minimum Gasteiger partial charge on any atom is -0.481 e. The molecule has 1 aliphatic rings. The largest absolute Gasteiger partial charge is 0.481 e. The van der Waals surface area contributed by atoms with Gasteiger partial charge in [-0.05, 0) is 23.8 Å². The van der Waals surface area contributed by atoms with Gasteiger partial charge in [0, 0.05) is 36.0 Å². The van der Waals surface area contributed by atoms with E-state index in [1.54, 1.807) is 0 Å². The zero-order valence-corrected chi connectivity index (χ0v) is 12.6. The van der Waals surface area contributed by atoms with Gasteiger partial charge in [-0.1, -0.05) is 20.4 Å². The Morgan fingerprint density at radius 3 is 2.62 bits per heavy atom. The maximum absolute atomic E-state index is 11.7. The molecule has 21 heavy (non-hydrogen) atoms. The van der Waals surface area contributed by atoms with Gasteiger partial charge < -0.3 is 15.3 Å². The van der Waals surface area contributed by atoms with Crippen LogP contribution in [0.3, 0.4) is 0 Å². The van der Waals surface area contributed by atoms with E-state index < -0.39 is 5.97 Å². The monoisotopic (exact) mass is 288 g/mol. The normalized spacial score (nSPS) is 15.8. The third-order valence-electron chi connectivity index (χ3n) is 4.01. The minimum atomic E-state index is -0.974. The van der Waals surface area contributed by atoms with E-state index in [1.165, 1.54) is 0 Å². The van der Waals surface area contributed by atoms with E-state index >= 15 is 0 Å². The summed E-state index contributed by atoms with van der Waals surface area (Å²) in [6.07, 6.45) is -0.190. The van der Waals surface area contributed by atoms with Gasteiger partial charge in [0.05, 0.1) is 6.42 Å². The highest BCUT2D eigenvalue weighted by molar-refractivity contribution is 5.93. The first-order valence-electron chi connectivity index (χ1n) is 6.82. The summed E-state index contributed by atoms with van der Waals surface area (Å²) in [5.74, 6) is -1.27. The Balaban J connectivity index is 2.19. The quantitative estimate of drug-likeness (QED) is 0.893. The van der Waals surface area contributed by atoms with Crippen LogP contribution in [0.5, 0.6) is 0 Å². The molecule has 1 aromatic carbocycles. The summed E-state index contributed by atoms with van der Waals surface area (Å²) >= 11 is 0. The molecule has 0 saturated heterocycles. The van der Waals surface area contributed by atoms with Crippen molar-refractivity contribution < 1.29 is 14.7 Å². The number of nitrogens with one attached hydrogen (secondary N) is 1. The first-order chi connectivity index (χ1) is 9.73. The molecule has 1 aliphatic heterocycles. The number of rotatable bonds is 4. The SMILES string of the molecule is C=C1N(C)c2ccc(NC(=O)CCC(=O)O)cc2C1(C)C. The van der Waals surface area contributed by atoms with Crippen molar-refractivity contribution in [2.24, 2.45) is 0 Å². The number of fused-ring (bicyclic) bond motifs is 1.